The van der Waals surface area contributed by atoms with Gasteiger partial charge in [0.05, 0.1) is 23.8 Å². The van der Waals surface area contributed by atoms with Crippen LogP contribution in [0.2, 0.25) is 0 Å². The summed E-state index contributed by atoms with van der Waals surface area (Å²) in [6.07, 6.45) is 8.32. The third-order valence-electron chi connectivity index (χ3n) is 3.51. The fourth-order valence-corrected chi connectivity index (χ4v) is 2.91. The minimum Gasteiger partial charge on any atom is -0.326 e. The van der Waals surface area contributed by atoms with Crippen LogP contribution in [-0.2, 0) is 12.8 Å². The quantitative estimate of drug-likeness (QED) is 0.523. The lowest BCUT2D eigenvalue weighted by molar-refractivity contribution is 0.0985. The number of aromatic nitrogens is 5. The molecule has 3 rings (SSSR count). The van der Waals surface area contributed by atoms with E-state index in [0.717, 1.165) is 11.5 Å². The number of hydrogen-bond donors (Lipinski definition) is 0. The SMILES string of the molecule is CN(C(=O)c1cnc(CSc2ncccn2)n1C)c1cccnc1. The first-order chi connectivity index (χ1) is 11.7. The predicted molar refractivity (Wildman–Crippen MR) is 91.8 cm³/mol. The molecule has 0 fully saturated rings. The molecule has 0 atom stereocenters. The first-order valence-electron chi connectivity index (χ1n) is 7.25. The van der Waals surface area contributed by atoms with Crippen LogP contribution in [0.25, 0.3) is 0 Å². The molecule has 0 N–H and O–H groups in total. The number of carbonyl (C=O) groups is 1. The molecule has 3 aromatic rings. The van der Waals surface area contributed by atoms with E-state index in [4.69, 9.17) is 0 Å². The Morgan fingerprint density at radius 2 is 1.96 bits per heavy atom. The average Bonchev–Trinajstić information content (AvgIpc) is 3.01. The number of pyridine rings is 1. The van der Waals surface area contributed by atoms with Gasteiger partial charge in [-0.1, -0.05) is 11.8 Å². The Morgan fingerprint density at radius 3 is 2.67 bits per heavy atom. The summed E-state index contributed by atoms with van der Waals surface area (Å²) in [5.41, 5.74) is 1.25. The van der Waals surface area contributed by atoms with Crippen molar-refractivity contribution in [3.05, 3.63) is 60.7 Å². The van der Waals surface area contributed by atoms with Crippen molar-refractivity contribution in [2.75, 3.05) is 11.9 Å². The van der Waals surface area contributed by atoms with Crippen LogP contribution in [0.1, 0.15) is 16.3 Å². The van der Waals surface area contributed by atoms with Gasteiger partial charge in [0.1, 0.15) is 11.5 Å². The number of carbonyl (C=O) groups excluding carboxylic acids is 1. The first kappa shape index (κ1) is 16.1. The highest BCUT2D eigenvalue weighted by atomic mass is 32.2. The number of nitrogens with zero attached hydrogens (tertiary/aromatic N) is 6. The molecule has 0 aromatic carbocycles. The van der Waals surface area contributed by atoms with E-state index in [1.54, 1.807) is 59.6 Å². The zero-order valence-corrected chi connectivity index (χ0v) is 14.1. The van der Waals surface area contributed by atoms with Crippen molar-refractivity contribution >= 4 is 23.4 Å². The summed E-state index contributed by atoms with van der Waals surface area (Å²) in [5, 5.41) is 0.681. The van der Waals surface area contributed by atoms with Crippen LogP contribution in [0.4, 0.5) is 5.69 Å². The van der Waals surface area contributed by atoms with Crippen molar-refractivity contribution in [1.82, 2.24) is 24.5 Å². The first-order valence-corrected chi connectivity index (χ1v) is 8.24. The number of imidazole rings is 1. The molecule has 24 heavy (non-hydrogen) atoms. The molecule has 7 nitrogen and oxygen atoms in total. The third kappa shape index (κ3) is 3.43. The van der Waals surface area contributed by atoms with Gasteiger partial charge in [-0.2, -0.15) is 0 Å². The van der Waals surface area contributed by atoms with Gasteiger partial charge < -0.3 is 9.47 Å². The molecule has 0 aliphatic rings. The van der Waals surface area contributed by atoms with Crippen molar-refractivity contribution in [3.8, 4) is 0 Å². The lowest BCUT2D eigenvalue weighted by atomic mass is 10.3. The second-order valence-corrected chi connectivity index (χ2v) is 5.96. The van der Waals surface area contributed by atoms with Crippen LogP contribution in [0.5, 0.6) is 0 Å². The molecule has 3 aromatic heterocycles. The van der Waals surface area contributed by atoms with Crippen LogP contribution in [0.15, 0.2) is 54.3 Å². The molecule has 0 aliphatic heterocycles. The molecule has 0 unspecified atom stereocenters. The second kappa shape index (κ2) is 7.22. The predicted octanol–water partition coefficient (Wildman–Crippen LogP) is 2.17. The molecule has 1 amide bonds. The summed E-state index contributed by atoms with van der Waals surface area (Å²) in [4.78, 5) is 30.9. The summed E-state index contributed by atoms with van der Waals surface area (Å²) in [6.45, 7) is 0. The molecular weight excluding hydrogens is 324 g/mol. The maximum absolute atomic E-state index is 12.7. The van der Waals surface area contributed by atoms with Gasteiger partial charge in [-0.05, 0) is 18.2 Å². The van der Waals surface area contributed by atoms with E-state index in [2.05, 4.69) is 19.9 Å². The van der Waals surface area contributed by atoms with Gasteiger partial charge in [-0.3, -0.25) is 9.78 Å². The van der Waals surface area contributed by atoms with E-state index in [1.165, 1.54) is 11.8 Å². The Morgan fingerprint density at radius 1 is 1.17 bits per heavy atom. The van der Waals surface area contributed by atoms with Gasteiger partial charge in [0, 0.05) is 32.7 Å². The Kier molecular flexibility index (Phi) is 4.85. The van der Waals surface area contributed by atoms with Gasteiger partial charge in [0.2, 0.25) is 0 Å². The Hall–Kier alpha value is -2.74. The Balaban J connectivity index is 1.73. The summed E-state index contributed by atoms with van der Waals surface area (Å²) < 4.78 is 1.80. The molecule has 0 saturated heterocycles. The molecule has 3 heterocycles. The van der Waals surface area contributed by atoms with Crippen LogP contribution < -0.4 is 4.90 Å². The molecular formula is C16H16N6OS. The van der Waals surface area contributed by atoms with Crippen molar-refractivity contribution in [2.45, 2.75) is 10.9 Å². The van der Waals surface area contributed by atoms with E-state index in [1.807, 2.05) is 13.1 Å². The smallest absolute Gasteiger partial charge is 0.276 e. The largest absolute Gasteiger partial charge is 0.326 e. The van der Waals surface area contributed by atoms with E-state index in [0.29, 0.717) is 16.6 Å². The highest BCUT2D eigenvalue weighted by Gasteiger charge is 2.19. The zero-order chi connectivity index (χ0) is 16.9. The molecule has 122 valence electrons. The molecule has 0 radical (unpaired) electrons. The molecule has 8 heteroatoms. The number of rotatable bonds is 5. The minimum atomic E-state index is -0.134. The second-order valence-electron chi connectivity index (χ2n) is 5.01. The molecule has 0 bridgehead atoms. The number of hydrogen-bond acceptors (Lipinski definition) is 6. The Bertz CT molecular complexity index is 821. The van der Waals surface area contributed by atoms with E-state index >= 15 is 0 Å². The zero-order valence-electron chi connectivity index (χ0n) is 13.3. The lowest BCUT2D eigenvalue weighted by Gasteiger charge is -2.17. The summed E-state index contributed by atoms with van der Waals surface area (Å²) in [6, 6.07) is 5.41. The summed E-state index contributed by atoms with van der Waals surface area (Å²) in [7, 11) is 3.55. The van der Waals surface area contributed by atoms with Gasteiger partial charge in [0.15, 0.2) is 5.16 Å². The fourth-order valence-electron chi connectivity index (χ4n) is 2.11. The van der Waals surface area contributed by atoms with Crippen molar-refractivity contribution < 1.29 is 4.79 Å². The van der Waals surface area contributed by atoms with Gasteiger partial charge in [-0.25, -0.2) is 15.0 Å². The van der Waals surface area contributed by atoms with Crippen molar-refractivity contribution in [1.29, 1.82) is 0 Å². The molecule has 0 aliphatic carbocycles. The highest BCUT2D eigenvalue weighted by molar-refractivity contribution is 7.98. The van der Waals surface area contributed by atoms with E-state index in [9.17, 15) is 4.79 Å². The van der Waals surface area contributed by atoms with Gasteiger partial charge in [0.25, 0.3) is 5.91 Å². The van der Waals surface area contributed by atoms with Gasteiger partial charge in [-0.15, -0.1) is 0 Å². The fraction of sp³-hybridized carbons (Fsp3) is 0.188. The topological polar surface area (TPSA) is 76.8 Å². The Labute approximate surface area is 143 Å². The minimum absolute atomic E-state index is 0.134. The van der Waals surface area contributed by atoms with Crippen molar-refractivity contribution in [2.24, 2.45) is 7.05 Å². The normalized spacial score (nSPS) is 10.6. The maximum Gasteiger partial charge on any atom is 0.276 e. The average molecular weight is 340 g/mol. The highest BCUT2D eigenvalue weighted by Crippen LogP contribution is 2.19. The van der Waals surface area contributed by atoms with Crippen LogP contribution in [0, 0.1) is 0 Å². The van der Waals surface area contributed by atoms with E-state index < -0.39 is 0 Å². The van der Waals surface area contributed by atoms with Crippen LogP contribution >= 0.6 is 11.8 Å². The lowest BCUT2D eigenvalue weighted by Crippen LogP contribution is -2.28. The third-order valence-corrected chi connectivity index (χ3v) is 4.39. The van der Waals surface area contributed by atoms with Crippen LogP contribution in [-0.4, -0.2) is 37.5 Å². The standard InChI is InChI=1S/C16H16N6OS/c1-21(12-5-3-6-17-9-12)15(23)13-10-20-14(22(13)2)11-24-16-18-7-4-8-19-16/h3-10H,11H2,1-2H3. The summed E-state index contributed by atoms with van der Waals surface area (Å²) >= 11 is 1.48. The van der Waals surface area contributed by atoms with Crippen LogP contribution in [0.3, 0.4) is 0 Å². The monoisotopic (exact) mass is 340 g/mol. The molecule has 0 spiro atoms. The summed E-state index contributed by atoms with van der Waals surface area (Å²) in [5.74, 6) is 1.24. The molecule has 0 saturated carbocycles. The van der Waals surface area contributed by atoms with Crippen molar-refractivity contribution in [3.63, 3.8) is 0 Å². The maximum atomic E-state index is 12.7. The number of amides is 1. The van der Waals surface area contributed by atoms with Gasteiger partial charge >= 0.3 is 0 Å². The number of thioether (sulfide) groups is 1. The van der Waals surface area contributed by atoms with E-state index in [-0.39, 0.29) is 5.91 Å². The number of anilines is 1.